The van der Waals surface area contributed by atoms with Gasteiger partial charge in [0, 0.05) is 23.3 Å². The molecule has 1 amide bonds. The Morgan fingerprint density at radius 1 is 1.10 bits per heavy atom. The highest BCUT2D eigenvalue weighted by Gasteiger charge is 2.26. The lowest BCUT2D eigenvalue weighted by Gasteiger charge is -2.20. The molecule has 0 aliphatic rings. The first-order chi connectivity index (χ1) is 14.8. The molecule has 0 saturated carbocycles. The van der Waals surface area contributed by atoms with Gasteiger partial charge in [0.25, 0.3) is 17.5 Å². The second-order valence-corrected chi connectivity index (χ2v) is 6.97. The first-order valence-electron chi connectivity index (χ1n) is 9.45. The number of hydrogen-bond donors (Lipinski definition) is 1. The van der Waals surface area contributed by atoms with Crippen LogP contribution in [0.3, 0.4) is 0 Å². The van der Waals surface area contributed by atoms with Gasteiger partial charge in [-0.2, -0.15) is 0 Å². The molecule has 2 aromatic carbocycles. The molecule has 3 rings (SSSR count). The molecular formula is C21H20N4O6. The van der Waals surface area contributed by atoms with Gasteiger partial charge in [0.2, 0.25) is 5.89 Å². The van der Waals surface area contributed by atoms with Crippen LogP contribution in [0.4, 0.5) is 5.69 Å². The maximum Gasteiger partial charge on any atom is 0.329 e. The Morgan fingerprint density at radius 2 is 1.77 bits per heavy atom. The van der Waals surface area contributed by atoms with Crippen molar-refractivity contribution < 1.29 is 23.7 Å². The average molecular weight is 424 g/mol. The molecule has 1 atom stereocenters. The lowest BCUT2D eigenvalue weighted by molar-refractivity contribution is -0.384. The second-order valence-electron chi connectivity index (χ2n) is 6.97. The van der Waals surface area contributed by atoms with Crippen LogP contribution in [0.2, 0.25) is 0 Å². The molecule has 0 fully saturated rings. The molecule has 0 spiro atoms. The smallest absolute Gasteiger partial charge is 0.329 e. The number of amides is 1. The number of nitrogens with one attached hydrogen (secondary N) is 1. The minimum atomic E-state index is -0.857. The van der Waals surface area contributed by atoms with Crippen LogP contribution in [0.25, 0.3) is 11.5 Å². The summed E-state index contributed by atoms with van der Waals surface area (Å²) in [5.74, 6) is -1.03. The predicted molar refractivity (Wildman–Crippen MR) is 109 cm³/mol. The molecule has 1 heterocycles. The number of ether oxygens (including phenoxy) is 1. The van der Waals surface area contributed by atoms with Crippen molar-refractivity contribution in [2.24, 2.45) is 5.92 Å². The first-order valence-corrected chi connectivity index (χ1v) is 9.45. The summed E-state index contributed by atoms with van der Waals surface area (Å²) in [5, 5.41) is 21.1. The van der Waals surface area contributed by atoms with Crippen LogP contribution in [0, 0.1) is 16.0 Å². The summed E-state index contributed by atoms with van der Waals surface area (Å²) in [6.45, 7) is 3.30. The highest BCUT2D eigenvalue weighted by Crippen LogP contribution is 2.21. The SMILES string of the molecule is CC(C)C(NC(=O)c1ccccc1)C(=O)OCc1nnc(-c2ccc([N+](=O)[O-])cc2)o1. The molecule has 1 aromatic heterocycles. The molecule has 0 aliphatic carbocycles. The molecule has 0 radical (unpaired) electrons. The molecule has 1 unspecified atom stereocenters. The number of nitrogens with zero attached hydrogens (tertiary/aromatic N) is 3. The Hall–Kier alpha value is -4.08. The first kappa shape index (κ1) is 21.6. The number of hydrogen-bond acceptors (Lipinski definition) is 8. The van der Waals surface area contributed by atoms with E-state index in [1.54, 1.807) is 44.2 Å². The lowest BCUT2D eigenvalue weighted by atomic mass is 10.0. The van der Waals surface area contributed by atoms with E-state index in [2.05, 4.69) is 15.5 Å². The van der Waals surface area contributed by atoms with Gasteiger partial charge in [-0.15, -0.1) is 10.2 Å². The van der Waals surface area contributed by atoms with Crippen LogP contribution in [0.1, 0.15) is 30.1 Å². The van der Waals surface area contributed by atoms with Gasteiger partial charge < -0.3 is 14.5 Å². The number of carbonyl (C=O) groups is 2. The topological polar surface area (TPSA) is 137 Å². The number of benzene rings is 2. The third-order valence-corrected chi connectivity index (χ3v) is 4.37. The number of rotatable bonds is 8. The molecule has 0 bridgehead atoms. The van der Waals surface area contributed by atoms with E-state index in [-0.39, 0.29) is 35.9 Å². The summed E-state index contributed by atoms with van der Waals surface area (Å²) >= 11 is 0. The monoisotopic (exact) mass is 424 g/mol. The molecule has 0 saturated heterocycles. The van der Waals surface area contributed by atoms with Crippen molar-refractivity contribution in [3.63, 3.8) is 0 Å². The van der Waals surface area contributed by atoms with Crippen molar-refractivity contribution in [3.05, 3.63) is 76.2 Å². The van der Waals surface area contributed by atoms with Crippen LogP contribution in [-0.2, 0) is 16.1 Å². The summed E-state index contributed by atoms with van der Waals surface area (Å²) in [6.07, 6.45) is 0. The Labute approximate surface area is 177 Å². The molecule has 1 N–H and O–H groups in total. The molecule has 3 aromatic rings. The second kappa shape index (κ2) is 9.61. The molecule has 10 heteroatoms. The van der Waals surface area contributed by atoms with E-state index in [1.165, 1.54) is 24.3 Å². The molecule has 160 valence electrons. The maximum atomic E-state index is 12.5. The van der Waals surface area contributed by atoms with Gasteiger partial charge in [-0.1, -0.05) is 32.0 Å². The van der Waals surface area contributed by atoms with E-state index in [0.717, 1.165) is 0 Å². The zero-order valence-corrected chi connectivity index (χ0v) is 16.8. The Balaban J connectivity index is 1.61. The van der Waals surface area contributed by atoms with E-state index >= 15 is 0 Å². The highest BCUT2D eigenvalue weighted by atomic mass is 16.6. The molecule has 0 aliphatic heterocycles. The zero-order chi connectivity index (χ0) is 22.4. The number of nitro groups is 1. The summed E-state index contributed by atoms with van der Waals surface area (Å²) < 4.78 is 10.7. The molecule has 31 heavy (non-hydrogen) atoms. The highest BCUT2D eigenvalue weighted by molar-refractivity contribution is 5.96. The Bertz CT molecular complexity index is 1060. The Morgan fingerprint density at radius 3 is 2.39 bits per heavy atom. The van der Waals surface area contributed by atoms with E-state index < -0.39 is 16.9 Å². The van der Waals surface area contributed by atoms with E-state index in [9.17, 15) is 19.7 Å². The summed E-state index contributed by atoms with van der Waals surface area (Å²) in [7, 11) is 0. The van der Waals surface area contributed by atoms with Crippen LogP contribution in [-0.4, -0.2) is 33.0 Å². The minimum Gasteiger partial charge on any atom is -0.454 e. The number of esters is 1. The van der Waals surface area contributed by atoms with Crippen molar-refractivity contribution in [1.82, 2.24) is 15.5 Å². The quantitative estimate of drug-likeness (QED) is 0.331. The van der Waals surface area contributed by atoms with E-state index in [1.807, 2.05) is 0 Å². The number of carbonyl (C=O) groups excluding carboxylic acids is 2. The largest absolute Gasteiger partial charge is 0.454 e. The van der Waals surface area contributed by atoms with Gasteiger partial charge in [-0.05, 0) is 30.2 Å². The summed E-state index contributed by atoms with van der Waals surface area (Å²) in [6, 6.07) is 13.3. The third-order valence-electron chi connectivity index (χ3n) is 4.37. The number of non-ortho nitro benzene ring substituents is 1. The standard InChI is InChI=1S/C21H20N4O6/c1-13(2)18(22-19(26)14-6-4-3-5-7-14)21(27)30-12-17-23-24-20(31-17)15-8-10-16(11-9-15)25(28)29/h3-11,13,18H,12H2,1-2H3,(H,22,26). The van der Waals surface area contributed by atoms with Gasteiger partial charge in [0.1, 0.15) is 6.04 Å². The van der Waals surface area contributed by atoms with E-state index in [0.29, 0.717) is 11.1 Å². The van der Waals surface area contributed by atoms with E-state index in [4.69, 9.17) is 9.15 Å². The van der Waals surface area contributed by atoms with Gasteiger partial charge in [0.15, 0.2) is 6.61 Å². The zero-order valence-electron chi connectivity index (χ0n) is 16.8. The number of nitro benzene ring substituents is 1. The summed E-state index contributed by atoms with van der Waals surface area (Å²) in [5.41, 5.74) is 0.867. The summed E-state index contributed by atoms with van der Waals surface area (Å²) in [4.78, 5) is 35.1. The van der Waals surface area contributed by atoms with Crippen molar-refractivity contribution in [2.45, 2.75) is 26.5 Å². The number of aromatic nitrogens is 2. The van der Waals surface area contributed by atoms with Crippen LogP contribution in [0.5, 0.6) is 0 Å². The fourth-order valence-corrected chi connectivity index (χ4v) is 2.69. The average Bonchev–Trinajstić information content (AvgIpc) is 3.25. The van der Waals surface area contributed by atoms with Crippen molar-refractivity contribution in [3.8, 4) is 11.5 Å². The maximum absolute atomic E-state index is 12.5. The van der Waals surface area contributed by atoms with Crippen molar-refractivity contribution in [2.75, 3.05) is 0 Å². The van der Waals surface area contributed by atoms with Crippen LogP contribution < -0.4 is 5.32 Å². The van der Waals surface area contributed by atoms with Gasteiger partial charge in [0.05, 0.1) is 4.92 Å². The third kappa shape index (κ3) is 5.50. The van der Waals surface area contributed by atoms with Crippen molar-refractivity contribution >= 4 is 17.6 Å². The molecule has 10 nitrogen and oxygen atoms in total. The lowest BCUT2D eigenvalue weighted by Crippen LogP contribution is -2.45. The normalized spacial score (nSPS) is 11.7. The fourth-order valence-electron chi connectivity index (χ4n) is 2.69. The molecular weight excluding hydrogens is 404 g/mol. The van der Waals surface area contributed by atoms with Gasteiger partial charge in [-0.25, -0.2) is 4.79 Å². The predicted octanol–water partition coefficient (Wildman–Crippen LogP) is 3.14. The Kier molecular flexibility index (Phi) is 6.71. The fraction of sp³-hybridized carbons (Fsp3) is 0.238. The minimum absolute atomic E-state index is 0.0543. The van der Waals surface area contributed by atoms with Gasteiger partial charge >= 0.3 is 5.97 Å². The van der Waals surface area contributed by atoms with Crippen LogP contribution >= 0.6 is 0 Å². The van der Waals surface area contributed by atoms with Crippen LogP contribution in [0.15, 0.2) is 59.0 Å². The van der Waals surface area contributed by atoms with Crippen molar-refractivity contribution in [1.29, 1.82) is 0 Å². The van der Waals surface area contributed by atoms with Gasteiger partial charge in [-0.3, -0.25) is 14.9 Å².